The maximum atomic E-state index is 10.7. The van der Waals surface area contributed by atoms with Gasteiger partial charge in [-0.1, -0.05) is 21.7 Å². The average Bonchev–Trinajstić information content (AvgIpc) is 2.71. The van der Waals surface area contributed by atoms with E-state index in [1.165, 1.54) is 6.07 Å². The zero-order chi connectivity index (χ0) is 10.7. The van der Waals surface area contributed by atoms with Gasteiger partial charge in [0.25, 0.3) is 5.69 Å². The number of para-hydroxylation sites is 2. The van der Waals surface area contributed by atoms with Crippen molar-refractivity contribution >= 4 is 28.0 Å². The van der Waals surface area contributed by atoms with Crippen molar-refractivity contribution in [2.24, 2.45) is 0 Å². The monoisotopic (exact) mass is 223 g/mol. The van der Waals surface area contributed by atoms with Gasteiger partial charge in [0.1, 0.15) is 5.69 Å². The maximum absolute atomic E-state index is 10.7. The SMILES string of the molecule is O=[N+]([O-])c1ccccc1Nc1nnns1. The van der Waals surface area contributed by atoms with Crippen LogP contribution in [-0.2, 0) is 0 Å². The molecular formula is C7H5N5O2S. The Morgan fingerprint density at radius 2 is 2.20 bits per heavy atom. The number of nitro groups is 1. The molecule has 0 saturated heterocycles. The van der Waals surface area contributed by atoms with Crippen molar-refractivity contribution in [3.63, 3.8) is 0 Å². The first kappa shape index (κ1) is 9.46. The van der Waals surface area contributed by atoms with Crippen molar-refractivity contribution in [1.82, 2.24) is 14.8 Å². The third kappa shape index (κ3) is 2.05. The molecule has 2 aromatic rings. The molecule has 0 aliphatic rings. The Balaban J connectivity index is 2.32. The number of nitro benzene ring substituents is 1. The number of nitrogens with one attached hydrogen (secondary N) is 1. The third-order valence-electron chi connectivity index (χ3n) is 1.64. The summed E-state index contributed by atoms with van der Waals surface area (Å²) in [5.74, 6) is 0. The lowest BCUT2D eigenvalue weighted by atomic mass is 10.3. The molecule has 0 aliphatic heterocycles. The molecule has 0 fully saturated rings. The molecule has 0 aliphatic carbocycles. The van der Waals surface area contributed by atoms with Crippen LogP contribution in [0.4, 0.5) is 16.5 Å². The topological polar surface area (TPSA) is 93.8 Å². The number of hydrogen-bond donors (Lipinski definition) is 1. The van der Waals surface area contributed by atoms with Gasteiger partial charge in [0.05, 0.1) is 4.92 Å². The first-order valence-corrected chi connectivity index (χ1v) is 4.70. The minimum absolute atomic E-state index is 0.00676. The molecule has 76 valence electrons. The molecule has 0 radical (unpaired) electrons. The van der Waals surface area contributed by atoms with Crippen LogP contribution in [0.1, 0.15) is 0 Å². The summed E-state index contributed by atoms with van der Waals surface area (Å²) in [6.07, 6.45) is 0. The van der Waals surface area contributed by atoms with Crippen LogP contribution in [-0.4, -0.2) is 19.7 Å². The van der Waals surface area contributed by atoms with Gasteiger partial charge in [-0.2, -0.15) is 0 Å². The molecule has 7 nitrogen and oxygen atoms in total. The van der Waals surface area contributed by atoms with Gasteiger partial charge in [-0.25, -0.2) is 0 Å². The Labute approximate surface area is 88.1 Å². The summed E-state index contributed by atoms with van der Waals surface area (Å²) in [5.41, 5.74) is 0.369. The van der Waals surface area contributed by atoms with Gasteiger partial charge >= 0.3 is 0 Å². The van der Waals surface area contributed by atoms with Gasteiger partial charge < -0.3 is 5.32 Å². The molecule has 0 amide bonds. The summed E-state index contributed by atoms with van der Waals surface area (Å²) in [5, 5.41) is 20.9. The largest absolute Gasteiger partial charge is 0.323 e. The van der Waals surface area contributed by atoms with E-state index in [4.69, 9.17) is 0 Å². The van der Waals surface area contributed by atoms with Crippen molar-refractivity contribution in [3.8, 4) is 0 Å². The second-order valence-corrected chi connectivity index (χ2v) is 3.30. The number of benzene rings is 1. The molecule has 0 spiro atoms. The zero-order valence-corrected chi connectivity index (χ0v) is 8.14. The van der Waals surface area contributed by atoms with E-state index in [1.54, 1.807) is 18.2 Å². The Bertz CT molecular complexity index is 472. The standard InChI is InChI=1S/C7H5N5O2S/c13-12(14)6-4-2-1-3-5(6)8-7-9-10-11-15-7/h1-4H,(H,8,9,11). The van der Waals surface area contributed by atoms with Gasteiger partial charge in [-0.05, 0) is 11.3 Å². The van der Waals surface area contributed by atoms with E-state index in [1.807, 2.05) is 0 Å². The molecule has 0 bridgehead atoms. The molecule has 1 N–H and O–H groups in total. The molecule has 0 unspecified atom stereocenters. The van der Waals surface area contributed by atoms with Crippen molar-refractivity contribution in [1.29, 1.82) is 0 Å². The van der Waals surface area contributed by atoms with E-state index in [2.05, 4.69) is 20.1 Å². The summed E-state index contributed by atoms with van der Waals surface area (Å²) in [7, 11) is 0. The third-order valence-corrected chi connectivity index (χ3v) is 2.15. The smallest absolute Gasteiger partial charge is 0.292 e. The zero-order valence-electron chi connectivity index (χ0n) is 7.32. The summed E-state index contributed by atoms with van der Waals surface area (Å²) in [6, 6.07) is 6.31. The summed E-state index contributed by atoms with van der Waals surface area (Å²) >= 11 is 1.03. The van der Waals surface area contributed by atoms with Gasteiger partial charge in [0.2, 0.25) is 5.13 Å². The first-order chi connectivity index (χ1) is 7.27. The van der Waals surface area contributed by atoms with E-state index in [9.17, 15) is 10.1 Å². The van der Waals surface area contributed by atoms with Crippen LogP contribution in [0.3, 0.4) is 0 Å². The molecule has 1 heterocycles. The fourth-order valence-corrected chi connectivity index (χ4v) is 1.41. The molecule has 8 heteroatoms. The molecular weight excluding hydrogens is 218 g/mol. The van der Waals surface area contributed by atoms with Crippen LogP contribution in [0, 0.1) is 10.1 Å². The van der Waals surface area contributed by atoms with E-state index >= 15 is 0 Å². The predicted octanol–water partition coefficient (Wildman–Crippen LogP) is 1.58. The summed E-state index contributed by atoms with van der Waals surface area (Å²) in [6.45, 7) is 0. The predicted molar refractivity (Wildman–Crippen MR) is 54.1 cm³/mol. The minimum Gasteiger partial charge on any atom is -0.323 e. The second kappa shape index (κ2) is 3.96. The highest BCUT2D eigenvalue weighted by atomic mass is 32.1. The Morgan fingerprint density at radius 3 is 2.87 bits per heavy atom. The molecule has 2 rings (SSSR count). The number of hydrogen-bond acceptors (Lipinski definition) is 7. The number of nitrogens with zero attached hydrogens (tertiary/aromatic N) is 4. The van der Waals surface area contributed by atoms with Crippen molar-refractivity contribution in [2.45, 2.75) is 0 Å². The molecule has 15 heavy (non-hydrogen) atoms. The van der Waals surface area contributed by atoms with Crippen molar-refractivity contribution in [2.75, 3.05) is 5.32 Å². The quantitative estimate of drug-likeness (QED) is 0.627. The normalized spacial score (nSPS) is 9.87. The summed E-state index contributed by atoms with van der Waals surface area (Å²) < 4.78 is 3.54. The van der Waals surface area contributed by atoms with Crippen LogP contribution in [0.2, 0.25) is 0 Å². The molecule has 0 atom stereocenters. The number of aromatic nitrogens is 3. The maximum Gasteiger partial charge on any atom is 0.292 e. The van der Waals surface area contributed by atoms with E-state index in [-0.39, 0.29) is 5.69 Å². The highest BCUT2D eigenvalue weighted by Crippen LogP contribution is 2.26. The van der Waals surface area contributed by atoms with E-state index < -0.39 is 4.92 Å². The van der Waals surface area contributed by atoms with Gasteiger partial charge in [0, 0.05) is 17.6 Å². The second-order valence-electron chi connectivity index (χ2n) is 2.57. The lowest BCUT2D eigenvalue weighted by Crippen LogP contribution is -1.96. The van der Waals surface area contributed by atoms with Gasteiger partial charge in [-0.15, -0.1) is 0 Å². The van der Waals surface area contributed by atoms with Crippen LogP contribution in [0.5, 0.6) is 0 Å². The number of rotatable bonds is 3. The highest BCUT2D eigenvalue weighted by Gasteiger charge is 2.13. The first-order valence-electron chi connectivity index (χ1n) is 3.93. The van der Waals surface area contributed by atoms with Crippen LogP contribution >= 0.6 is 11.5 Å². The van der Waals surface area contributed by atoms with Crippen LogP contribution < -0.4 is 5.32 Å². The van der Waals surface area contributed by atoms with Gasteiger partial charge in [-0.3, -0.25) is 10.1 Å². The lowest BCUT2D eigenvalue weighted by Gasteiger charge is -2.01. The highest BCUT2D eigenvalue weighted by molar-refractivity contribution is 7.09. The molecule has 1 aromatic heterocycles. The van der Waals surface area contributed by atoms with Gasteiger partial charge in [0.15, 0.2) is 0 Å². The Morgan fingerprint density at radius 1 is 1.40 bits per heavy atom. The lowest BCUT2D eigenvalue weighted by molar-refractivity contribution is -0.383. The van der Waals surface area contributed by atoms with Crippen LogP contribution in [0.15, 0.2) is 24.3 Å². The molecule has 0 saturated carbocycles. The van der Waals surface area contributed by atoms with Crippen LogP contribution in [0.25, 0.3) is 0 Å². The summed E-state index contributed by atoms with van der Waals surface area (Å²) in [4.78, 5) is 10.2. The van der Waals surface area contributed by atoms with E-state index in [0.717, 1.165) is 11.5 Å². The fraction of sp³-hybridized carbons (Fsp3) is 0. The number of anilines is 2. The fourth-order valence-electron chi connectivity index (χ4n) is 1.04. The Hall–Kier alpha value is -2.09. The minimum atomic E-state index is -0.462. The average molecular weight is 223 g/mol. The molecule has 1 aromatic carbocycles. The van der Waals surface area contributed by atoms with Crippen molar-refractivity contribution < 1.29 is 4.92 Å². The van der Waals surface area contributed by atoms with E-state index in [0.29, 0.717) is 10.8 Å². The Kier molecular flexibility index (Phi) is 2.50. The van der Waals surface area contributed by atoms with Crippen molar-refractivity contribution in [3.05, 3.63) is 34.4 Å².